The Hall–Kier alpha value is -1.40. The third-order valence-corrected chi connectivity index (χ3v) is 5.40. The van der Waals surface area contributed by atoms with Gasteiger partial charge >= 0.3 is 5.97 Å². The summed E-state index contributed by atoms with van der Waals surface area (Å²) in [4.78, 5) is 27.2. The van der Waals surface area contributed by atoms with E-state index >= 15 is 0 Å². The maximum atomic E-state index is 12.5. The molecule has 2 rings (SSSR count). The first-order valence-corrected chi connectivity index (χ1v) is 9.20. The van der Waals surface area contributed by atoms with Crippen molar-refractivity contribution in [3.8, 4) is 0 Å². The highest BCUT2D eigenvalue weighted by atomic mass is 79.9. The lowest BCUT2D eigenvalue weighted by molar-refractivity contribution is -0.138. The van der Waals surface area contributed by atoms with Gasteiger partial charge in [0.05, 0.1) is 6.54 Å². The molecule has 0 aliphatic carbocycles. The van der Waals surface area contributed by atoms with E-state index in [9.17, 15) is 9.59 Å². The van der Waals surface area contributed by atoms with Crippen LogP contribution in [0.2, 0.25) is 0 Å². The largest absolute Gasteiger partial charge is 0.480 e. The molecular formula is C18H25BrN2O3. The van der Waals surface area contributed by atoms with Crippen molar-refractivity contribution in [2.45, 2.75) is 38.1 Å². The molecule has 1 aromatic carbocycles. The van der Waals surface area contributed by atoms with E-state index in [4.69, 9.17) is 5.11 Å². The molecule has 1 N–H and O–H groups in total. The Bertz CT molecular complexity index is 579. The average Bonchev–Trinajstić information content (AvgIpc) is 2.79. The summed E-state index contributed by atoms with van der Waals surface area (Å²) in [6.45, 7) is 1.54. The monoisotopic (exact) mass is 396 g/mol. The number of carboxylic acids is 1. The summed E-state index contributed by atoms with van der Waals surface area (Å²) in [6.07, 6.45) is 3.95. The molecular weight excluding hydrogens is 372 g/mol. The van der Waals surface area contributed by atoms with Crippen molar-refractivity contribution < 1.29 is 14.7 Å². The Balaban J connectivity index is 1.83. The summed E-state index contributed by atoms with van der Waals surface area (Å²) in [5, 5.41) is 8.92. The standard InChI is InChI=1S/C18H25BrN2O3/c1-20(13-18(23)24)15-6-4-11-21(12-10-15)17(22)9-8-14-5-2-3-7-16(14)19/h2-3,5,7,15H,4,6,8-13H2,1H3,(H,23,24)/t15-/m0/s1. The van der Waals surface area contributed by atoms with Crippen LogP contribution in [0.3, 0.4) is 0 Å². The Labute approximate surface area is 151 Å². The molecule has 1 fully saturated rings. The van der Waals surface area contributed by atoms with E-state index in [-0.39, 0.29) is 18.5 Å². The number of aryl methyl sites for hydroxylation is 1. The third-order valence-electron chi connectivity index (χ3n) is 4.62. The molecule has 0 bridgehead atoms. The Morgan fingerprint density at radius 2 is 2.04 bits per heavy atom. The lowest BCUT2D eigenvalue weighted by atomic mass is 10.1. The number of carbonyl (C=O) groups is 2. The van der Waals surface area contributed by atoms with Crippen LogP contribution in [0.1, 0.15) is 31.2 Å². The number of likely N-dealkylation sites (N-methyl/N-ethyl adjacent to an activating group) is 1. The molecule has 1 aliphatic rings. The summed E-state index contributed by atoms with van der Waals surface area (Å²) in [5.41, 5.74) is 1.15. The molecule has 1 heterocycles. The fourth-order valence-corrected chi connectivity index (χ4v) is 3.70. The van der Waals surface area contributed by atoms with Gasteiger partial charge in [0.1, 0.15) is 0 Å². The molecule has 1 aliphatic heterocycles. The van der Waals surface area contributed by atoms with Crippen molar-refractivity contribution in [1.29, 1.82) is 0 Å². The number of halogens is 1. The number of hydrogen-bond donors (Lipinski definition) is 1. The van der Waals surface area contributed by atoms with Crippen molar-refractivity contribution >= 4 is 27.8 Å². The predicted molar refractivity (Wildman–Crippen MR) is 96.9 cm³/mol. The van der Waals surface area contributed by atoms with Gasteiger partial charge < -0.3 is 10.0 Å². The summed E-state index contributed by atoms with van der Waals surface area (Å²) in [6, 6.07) is 8.23. The number of carbonyl (C=O) groups excluding carboxylic acids is 1. The van der Waals surface area contributed by atoms with E-state index in [0.29, 0.717) is 13.0 Å². The molecule has 5 nitrogen and oxygen atoms in total. The van der Waals surface area contributed by atoms with Crippen molar-refractivity contribution in [3.63, 3.8) is 0 Å². The Kier molecular flexibility index (Phi) is 7.24. The zero-order chi connectivity index (χ0) is 17.5. The quantitative estimate of drug-likeness (QED) is 0.802. The minimum absolute atomic E-state index is 0.0562. The van der Waals surface area contributed by atoms with Gasteiger partial charge in [0.15, 0.2) is 0 Å². The topological polar surface area (TPSA) is 60.9 Å². The zero-order valence-electron chi connectivity index (χ0n) is 14.1. The van der Waals surface area contributed by atoms with Crippen LogP contribution < -0.4 is 0 Å². The van der Waals surface area contributed by atoms with E-state index in [1.807, 2.05) is 41.1 Å². The van der Waals surface area contributed by atoms with Crippen LogP contribution in [0.15, 0.2) is 28.7 Å². The fraction of sp³-hybridized carbons (Fsp3) is 0.556. The van der Waals surface area contributed by atoms with Crippen molar-refractivity contribution in [2.75, 3.05) is 26.7 Å². The van der Waals surface area contributed by atoms with Gasteiger partial charge in [-0.2, -0.15) is 0 Å². The second kappa shape index (κ2) is 9.18. The fourth-order valence-electron chi connectivity index (χ4n) is 3.21. The minimum atomic E-state index is -0.803. The molecule has 132 valence electrons. The average molecular weight is 397 g/mol. The van der Waals surface area contributed by atoms with Crippen molar-refractivity contribution in [2.24, 2.45) is 0 Å². The van der Waals surface area contributed by atoms with Crippen LogP contribution in [0.25, 0.3) is 0 Å². The van der Waals surface area contributed by atoms with Gasteiger partial charge in [-0.1, -0.05) is 34.1 Å². The smallest absolute Gasteiger partial charge is 0.317 e. The van der Waals surface area contributed by atoms with Gasteiger partial charge in [0.2, 0.25) is 5.91 Å². The molecule has 0 unspecified atom stereocenters. The van der Waals surface area contributed by atoms with E-state index in [0.717, 1.165) is 42.3 Å². The Morgan fingerprint density at radius 3 is 2.75 bits per heavy atom. The number of carboxylic acid groups (broad SMARTS) is 1. The molecule has 1 atom stereocenters. The van der Waals surface area contributed by atoms with E-state index in [2.05, 4.69) is 15.9 Å². The lowest BCUT2D eigenvalue weighted by Crippen LogP contribution is -2.37. The van der Waals surface area contributed by atoms with Crippen LogP contribution in [0.4, 0.5) is 0 Å². The molecule has 1 saturated heterocycles. The minimum Gasteiger partial charge on any atom is -0.480 e. The van der Waals surface area contributed by atoms with Gasteiger partial charge in [-0.15, -0.1) is 0 Å². The van der Waals surface area contributed by atoms with Crippen molar-refractivity contribution in [1.82, 2.24) is 9.80 Å². The van der Waals surface area contributed by atoms with Gasteiger partial charge in [-0.3, -0.25) is 14.5 Å². The normalized spacial score (nSPS) is 18.5. The van der Waals surface area contributed by atoms with Crippen LogP contribution in [0.5, 0.6) is 0 Å². The van der Waals surface area contributed by atoms with Gasteiger partial charge in [-0.05, 0) is 44.4 Å². The number of amides is 1. The molecule has 0 saturated carbocycles. The highest BCUT2D eigenvalue weighted by Gasteiger charge is 2.23. The number of nitrogens with zero attached hydrogens (tertiary/aromatic N) is 2. The van der Waals surface area contributed by atoms with Gasteiger partial charge in [0, 0.05) is 30.0 Å². The molecule has 1 amide bonds. The first kappa shape index (κ1) is 18.9. The van der Waals surface area contributed by atoms with Crippen LogP contribution in [0, 0.1) is 0 Å². The number of benzene rings is 1. The zero-order valence-corrected chi connectivity index (χ0v) is 15.7. The highest BCUT2D eigenvalue weighted by molar-refractivity contribution is 9.10. The molecule has 0 spiro atoms. The van der Waals surface area contributed by atoms with Crippen molar-refractivity contribution in [3.05, 3.63) is 34.3 Å². The Morgan fingerprint density at radius 1 is 1.29 bits per heavy atom. The predicted octanol–water partition coefficient (Wildman–Crippen LogP) is 2.78. The van der Waals surface area contributed by atoms with Crippen LogP contribution >= 0.6 is 15.9 Å². The molecule has 0 aromatic heterocycles. The molecule has 6 heteroatoms. The summed E-state index contributed by atoms with van der Waals surface area (Å²) in [7, 11) is 1.85. The number of likely N-dealkylation sites (tertiary alicyclic amines) is 1. The molecule has 0 radical (unpaired) electrons. The van der Waals surface area contributed by atoms with Crippen LogP contribution in [-0.4, -0.2) is 59.5 Å². The number of rotatable bonds is 6. The molecule has 24 heavy (non-hydrogen) atoms. The summed E-state index contributed by atoms with van der Waals surface area (Å²) < 4.78 is 1.05. The second-order valence-electron chi connectivity index (χ2n) is 6.37. The maximum Gasteiger partial charge on any atom is 0.317 e. The maximum absolute atomic E-state index is 12.5. The number of aliphatic carboxylic acids is 1. The van der Waals surface area contributed by atoms with E-state index in [1.165, 1.54) is 0 Å². The SMILES string of the molecule is CN(CC(=O)O)[C@H]1CCCN(C(=O)CCc2ccccc2Br)CC1. The van der Waals surface area contributed by atoms with Gasteiger partial charge in [0.25, 0.3) is 0 Å². The van der Waals surface area contributed by atoms with E-state index < -0.39 is 5.97 Å². The first-order chi connectivity index (χ1) is 11.5. The first-order valence-electron chi connectivity index (χ1n) is 8.40. The summed E-state index contributed by atoms with van der Waals surface area (Å²) >= 11 is 3.52. The summed E-state index contributed by atoms with van der Waals surface area (Å²) in [5.74, 6) is -0.615. The lowest BCUT2D eigenvalue weighted by Gasteiger charge is -2.25. The third kappa shape index (κ3) is 5.60. The van der Waals surface area contributed by atoms with Crippen LogP contribution in [-0.2, 0) is 16.0 Å². The van der Waals surface area contributed by atoms with E-state index in [1.54, 1.807) is 0 Å². The number of hydrogen-bond acceptors (Lipinski definition) is 3. The van der Waals surface area contributed by atoms with Gasteiger partial charge in [-0.25, -0.2) is 0 Å². The second-order valence-corrected chi connectivity index (χ2v) is 7.22. The molecule has 1 aromatic rings. The highest BCUT2D eigenvalue weighted by Crippen LogP contribution is 2.19.